The van der Waals surface area contributed by atoms with Crippen LogP contribution in [0.3, 0.4) is 0 Å². The van der Waals surface area contributed by atoms with E-state index in [0.29, 0.717) is 19.6 Å². The normalized spacial score (nSPS) is 25.3. The number of hydrogen-bond donors (Lipinski definition) is 0. The fourth-order valence-corrected chi connectivity index (χ4v) is 4.07. The van der Waals surface area contributed by atoms with Crippen molar-refractivity contribution in [1.82, 2.24) is 9.80 Å². The molecular weight excluding hydrogens is 332 g/mol. The molecule has 1 saturated heterocycles. The van der Waals surface area contributed by atoms with E-state index in [2.05, 4.69) is 0 Å². The quantitative estimate of drug-likeness (QED) is 0.813. The number of carbonyl (C=O) groups excluding carboxylic acids is 2. The zero-order valence-corrected chi connectivity index (χ0v) is 15.5. The van der Waals surface area contributed by atoms with E-state index in [0.717, 1.165) is 49.3 Å². The van der Waals surface area contributed by atoms with Crippen LogP contribution in [0.5, 0.6) is 11.5 Å². The van der Waals surface area contributed by atoms with Gasteiger partial charge in [-0.3, -0.25) is 9.59 Å². The zero-order chi connectivity index (χ0) is 18.3. The Morgan fingerprint density at radius 1 is 1.23 bits per heavy atom. The lowest BCUT2D eigenvalue weighted by Gasteiger charge is -2.43. The van der Waals surface area contributed by atoms with Crippen molar-refractivity contribution in [2.45, 2.75) is 44.8 Å². The van der Waals surface area contributed by atoms with Gasteiger partial charge < -0.3 is 19.3 Å². The SMILES string of the molecule is COc1ccc2c(c1)OC1(CCCN(C(=O)C3CC3)C1)CN(C(C)=O)C2. The summed E-state index contributed by atoms with van der Waals surface area (Å²) in [4.78, 5) is 28.6. The number of methoxy groups -OCH3 is 1. The molecule has 0 bridgehead atoms. The molecular formula is C20H26N2O4. The number of piperidine rings is 1. The number of fused-ring (bicyclic) bond motifs is 1. The molecule has 1 unspecified atom stereocenters. The van der Waals surface area contributed by atoms with Crippen LogP contribution in [0.2, 0.25) is 0 Å². The van der Waals surface area contributed by atoms with Crippen LogP contribution in [-0.4, -0.2) is 54.0 Å². The standard InChI is InChI=1S/C20H26N2O4/c1-14(23)22-11-16-6-7-17(25-2)10-18(16)26-20(13-22)8-3-9-21(12-20)19(24)15-4-5-15/h6-7,10,15H,3-5,8-9,11-13H2,1-2H3. The summed E-state index contributed by atoms with van der Waals surface area (Å²) in [5, 5.41) is 0. The van der Waals surface area contributed by atoms with Gasteiger partial charge in [-0.1, -0.05) is 0 Å². The number of hydrogen-bond acceptors (Lipinski definition) is 4. The van der Waals surface area contributed by atoms with Crippen LogP contribution < -0.4 is 9.47 Å². The molecule has 0 aromatic heterocycles. The van der Waals surface area contributed by atoms with Crippen molar-refractivity contribution >= 4 is 11.8 Å². The maximum Gasteiger partial charge on any atom is 0.225 e. The minimum absolute atomic E-state index is 0.0299. The van der Waals surface area contributed by atoms with E-state index in [9.17, 15) is 9.59 Å². The first-order valence-electron chi connectivity index (χ1n) is 9.40. The molecule has 6 heteroatoms. The topological polar surface area (TPSA) is 59.1 Å². The third kappa shape index (κ3) is 3.24. The van der Waals surface area contributed by atoms with Gasteiger partial charge in [0.25, 0.3) is 0 Å². The average molecular weight is 358 g/mol. The van der Waals surface area contributed by atoms with Crippen molar-refractivity contribution < 1.29 is 19.1 Å². The molecule has 3 aliphatic rings. The second-order valence-corrected chi connectivity index (χ2v) is 7.77. The molecule has 1 aromatic rings. The highest BCUT2D eigenvalue weighted by Crippen LogP contribution is 2.38. The molecule has 2 aliphatic heterocycles. The van der Waals surface area contributed by atoms with Gasteiger partial charge in [-0.2, -0.15) is 0 Å². The van der Waals surface area contributed by atoms with Gasteiger partial charge in [-0.15, -0.1) is 0 Å². The summed E-state index contributed by atoms with van der Waals surface area (Å²) in [6, 6.07) is 5.74. The van der Waals surface area contributed by atoms with E-state index in [4.69, 9.17) is 9.47 Å². The Bertz CT molecular complexity index is 731. The van der Waals surface area contributed by atoms with Gasteiger partial charge in [-0.05, 0) is 37.8 Å². The molecule has 2 fully saturated rings. The molecule has 2 amide bonds. The van der Waals surface area contributed by atoms with Crippen LogP contribution in [0.1, 0.15) is 38.2 Å². The molecule has 1 aliphatic carbocycles. The highest BCUT2D eigenvalue weighted by molar-refractivity contribution is 5.81. The molecule has 26 heavy (non-hydrogen) atoms. The first kappa shape index (κ1) is 17.2. The number of benzene rings is 1. The third-order valence-corrected chi connectivity index (χ3v) is 5.66. The highest BCUT2D eigenvalue weighted by atomic mass is 16.5. The Balaban J connectivity index is 1.66. The zero-order valence-electron chi connectivity index (χ0n) is 15.5. The van der Waals surface area contributed by atoms with Gasteiger partial charge in [0.05, 0.1) is 20.2 Å². The number of ether oxygens (including phenoxy) is 2. The predicted molar refractivity (Wildman–Crippen MR) is 96.0 cm³/mol. The van der Waals surface area contributed by atoms with E-state index in [-0.39, 0.29) is 17.7 Å². The fraction of sp³-hybridized carbons (Fsp3) is 0.600. The van der Waals surface area contributed by atoms with Gasteiger partial charge >= 0.3 is 0 Å². The van der Waals surface area contributed by atoms with E-state index < -0.39 is 5.60 Å². The van der Waals surface area contributed by atoms with Gasteiger partial charge in [0.15, 0.2) is 0 Å². The molecule has 1 spiro atoms. The Labute approximate surface area is 154 Å². The monoisotopic (exact) mass is 358 g/mol. The van der Waals surface area contributed by atoms with E-state index in [1.807, 2.05) is 28.0 Å². The molecule has 1 aromatic carbocycles. The van der Waals surface area contributed by atoms with Crippen molar-refractivity contribution in [1.29, 1.82) is 0 Å². The van der Waals surface area contributed by atoms with Crippen molar-refractivity contribution in [2.24, 2.45) is 5.92 Å². The second kappa shape index (κ2) is 6.49. The van der Waals surface area contributed by atoms with Gasteiger partial charge in [0.2, 0.25) is 11.8 Å². The Morgan fingerprint density at radius 3 is 2.69 bits per heavy atom. The van der Waals surface area contributed by atoms with Crippen LogP contribution >= 0.6 is 0 Å². The number of amides is 2. The van der Waals surface area contributed by atoms with Crippen LogP contribution in [-0.2, 0) is 16.1 Å². The first-order chi connectivity index (χ1) is 12.5. The summed E-state index contributed by atoms with van der Waals surface area (Å²) in [6.07, 6.45) is 3.73. The van der Waals surface area contributed by atoms with Crippen molar-refractivity contribution in [3.8, 4) is 11.5 Å². The maximum absolute atomic E-state index is 12.6. The summed E-state index contributed by atoms with van der Waals surface area (Å²) in [5.41, 5.74) is 0.426. The van der Waals surface area contributed by atoms with Crippen molar-refractivity contribution in [3.05, 3.63) is 23.8 Å². The van der Waals surface area contributed by atoms with E-state index >= 15 is 0 Å². The fourth-order valence-electron chi connectivity index (χ4n) is 4.07. The lowest BCUT2D eigenvalue weighted by molar-refractivity contribution is -0.141. The number of likely N-dealkylation sites (tertiary alicyclic amines) is 1. The summed E-state index contributed by atoms with van der Waals surface area (Å²) >= 11 is 0. The molecule has 6 nitrogen and oxygen atoms in total. The molecule has 140 valence electrons. The predicted octanol–water partition coefficient (Wildman–Crippen LogP) is 2.21. The smallest absolute Gasteiger partial charge is 0.225 e. The van der Waals surface area contributed by atoms with Gasteiger partial charge in [0, 0.05) is 37.6 Å². The van der Waals surface area contributed by atoms with Crippen LogP contribution in [0.15, 0.2) is 18.2 Å². The molecule has 0 radical (unpaired) electrons. The summed E-state index contributed by atoms with van der Waals surface area (Å²) in [6.45, 7) is 3.95. The van der Waals surface area contributed by atoms with Gasteiger partial charge in [-0.25, -0.2) is 0 Å². The largest absolute Gasteiger partial charge is 0.497 e. The van der Waals surface area contributed by atoms with E-state index in [1.165, 1.54) is 0 Å². The number of nitrogens with zero attached hydrogens (tertiary/aromatic N) is 2. The Hall–Kier alpha value is -2.24. The lowest BCUT2D eigenvalue weighted by atomic mass is 9.91. The minimum atomic E-state index is -0.550. The maximum atomic E-state index is 12.6. The summed E-state index contributed by atoms with van der Waals surface area (Å²) < 4.78 is 11.9. The first-order valence-corrected chi connectivity index (χ1v) is 9.40. The molecule has 1 saturated carbocycles. The van der Waals surface area contributed by atoms with Crippen LogP contribution in [0, 0.1) is 5.92 Å². The third-order valence-electron chi connectivity index (χ3n) is 5.66. The average Bonchev–Trinajstić information content (AvgIpc) is 3.47. The number of carbonyl (C=O) groups is 2. The minimum Gasteiger partial charge on any atom is -0.497 e. The Kier molecular flexibility index (Phi) is 4.29. The second-order valence-electron chi connectivity index (χ2n) is 7.77. The summed E-state index contributed by atoms with van der Waals surface area (Å²) in [5.74, 6) is 1.97. The summed E-state index contributed by atoms with van der Waals surface area (Å²) in [7, 11) is 1.63. The van der Waals surface area contributed by atoms with Crippen LogP contribution in [0.4, 0.5) is 0 Å². The van der Waals surface area contributed by atoms with Crippen molar-refractivity contribution in [2.75, 3.05) is 26.7 Å². The molecule has 1 atom stereocenters. The number of rotatable bonds is 2. The van der Waals surface area contributed by atoms with Crippen LogP contribution in [0.25, 0.3) is 0 Å². The Morgan fingerprint density at radius 2 is 2.00 bits per heavy atom. The lowest BCUT2D eigenvalue weighted by Crippen LogP contribution is -2.58. The molecule has 0 N–H and O–H groups in total. The molecule has 4 rings (SSSR count). The highest BCUT2D eigenvalue weighted by Gasteiger charge is 2.45. The van der Waals surface area contributed by atoms with Crippen molar-refractivity contribution in [3.63, 3.8) is 0 Å². The molecule has 2 heterocycles. The van der Waals surface area contributed by atoms with Gasteiger partial charge in [0.1, 0.15) is 17.1 Å². The van der Waals surface area contributed by atoms with E-state index in [1.54, 1.807) is 14.0 Å².